The molecule has 0 spiro atoms. The number of aromatic nitrogens is 2. The van der Waals surface area contributed by atoms with Crippen LogP contribution in [-0.4, -0.2) is 40.2 Å². The zero-order chi connectivity index (χ0) is 31.4. The van der Waals surface area contributed by atoms with Crippen molar-refractivity contribution < 1.29 is 22.8 Å². The van der Waals surface area contributed by atoms with E-state index in [1.54, 1.807) is 4.90 Å². The second-order valence-electron chi connectivity index (χ2n) is 11.6. The number of nitrogens with one attached hydrogen (secondary N) is 2. The van der Waals surface area contributed by atoms with E-state index in [0.29, 0.717) is 35.5 Å². The molecule has 0 saturated heterocycles. The Balaban J connectivity index is 1.38. The van der Waals surface area contributed by atoms with Gasteiger partial charge in [-0.2, -0.15) is 30.9 Å². The van der Waals surface area contributed by atoms with Gasteiger partial charge in [-0.15, -0.1) is 16.9 Å². The summed E-state index contributed by atoms with van der Waals surface area (Å²) in [6, 6.07) is 4.58. The lowest BCUT2D eigenvalue weighted by molar-refractivity contribution is -0.137. The quantitative estimate of drug-likeness (QED) is 0.449. The first-order valence-electron chi connectivity index (χ1n) is 14.3. The minimum Gasteiger partial charge on any atom is -0.411 e. The van der Waals surface area contributed by atoms with E-state index in [1.165, 1.54) is 48.1 Å². The van der Waals surface area contributed by atoms with E-state index < -0.39 is 17.3 Å². The number of hydrogen-bond acceptors (Lipinski definition) is 6. The fourth-order valence-electron chi connectivity index (χ4n) is 6.76. The van der Waals surface area contributed by atoms with Crippen molar-refractivity contribution in [2.24, 2.45) is 5.41 Å². The van der Waals surface area contributed by atoms with Gasteiger partial charge in [0.2, 0.25) is 5.95 Å². The number of anilines is 1. The van der Waals surface area contributed by atoms with Crippen LogP contribution < -0.4 is 21.0 Å². The van der Waals surface area contributed by atoms with Crippen LogP contribution in [-0.2, 0) is 23.9 Å². The molecule has 11 heteroatoms. The maximum absolute atomic E-state index is 14.0. The summed E-state index contributed by atoms with van der Waals surface area (Å²) in [6.07, 6.45) is -3.18. The molecule has 2 aromatic rings. The third kappa shape index (κ3) is 4.88. The average Bonchev–Trinajstić information content (AvgIpc) is 3.25. The van der Waals surface area contributed by atoms with Crippen molar-refractivity contribution >= 4 is 11.9 Å². The fraction of sp³-hybridized carbons (Fsp3) is 0.438. The van der Waals surface area contributed by atoms with Gasteiger partial charge in [-0.3, -0.25) is 9.59 Å². The molecule has 0 bridgehead atoms. The van der Waals surface area contributed by atoms with Gasteiger partial charge < -0.3 is 20.4 Å². The number of benzene rings is 1. The lowest BCUT2D eigenvalue weighted by Gasteiger charge is -2.42. The number of rotatable bonds is 6. The number of halogens is 3. The van der Waals surface area contributed by atoms with Crippen LogP contribution in [0.1, 0.15) is 70.3 Å². The molecule has 3 heterocycles. The highest BCUT2D eigenvalue weighted by Gasteiger charge is 2.50. The maximum Gasteiger partial charge on any atom is 0.414 e. The number of nitrogens with zero attached hydrogens (tertiary/aromatic N) is 3. The molecular weight excluding hydrogens is 559 g/mol. The van der Waals surface area contributed by atoms with E-state index in [9.17, 15) is 22.8 Å². The SMILES string of the molecule is CCC1=C(C)C(C)=C(C)C2NC(C(=O)N3CCc4nc(N[CH-]c5ccc(C(F)(F)F)cc5)n(OC)c(=O)c4C3)=C(C)C12C. The molecule has 2 unspecified atom stereocenters. The number of hydrogen-bond donors (Lipinski definition) is 2. The van der Waals surface area contributed by atoms with Gasteiger partial charge in [0.15, 0.2) is 0 Å². The van der Waals surface area contributed by atoms with Crippen molar-refractivity contribution in [2.45, 2.75) is 73.1 Å². The van der Waals surface area contributed by atoms with E-state index in [2.05, 4.69) is 50.2 Å². The van der Waals surface area contributed by atoms with Gasteiger partial charge in [0.1, 0.15) is 12.8 Å². The minimum atomic E-state index is -4.43. The van der Waals surface area contributed by atoms with Gasteiger partial charge in [0, 0.05) is 23.9 Å². The van der Waals surface area contributed by atoms with Gasteiger partial charge in [-0.25, -0.2) is 4.98 Å². The van der Waals surface area contributed by atoms with Crippen LogP contribution in [0.5, 0.6) is 0 Å². The summed E-state index contributed by atoms with van der Waals surface area (Å²) in [5.41, 5.74) is 6.51. The molecule has 1 aliphatic carbocycles. The lowest BCUT2D eigenvalue weighted by atomic mass is 9.63. The van der Waals surface area contributed by atoms with Crippen LogP contribution in [0, 0.1) is 12.0 Å². The van der Waals surface area contributed by atoms with E-state index in [-0.39, 0.29) is 29.9 Å². The van der Waals surface area contributed by atoms with Crippen LogP contribution in [0.4, 0.5) is 19.1 Å². The summed E-state index contributed by atoms with van der Waals surface area (Å²) in [5, 5.41) is 6.44. The Kier molecular flexibility index (Phi) is 7.64. The lowest BCUT2D eigenvalue weighted by Crippen LogP contribution is -2.45. The third-order valence-electron chi connectivity index (χ3n) is 9.52. The molecule has 1 aromatic carbocycles. The average molecular weight is 597 g/mol. The summed E-state index contributed by atoms with van der Waals surface area (Å²) in [4.78, 5) is 39.0. The molecule has 2 N–H and O–H groups in total. The number of amides is 1. The van der Waals surface area contributed by atoms with E-state index in [0.717, 1.165) is 28.9 Å². The number of allylic oxidation sites excluding steroid dienone is 2. The molecular formula is C32H37F3N5O3-. The Labute approximate surface area is 249 Å². The Hall–Kier alpha value is -4.15. The monoisotopic (exact) mass is 596 g/mol. The van der Waals surface area contributed by atoms with Crippen LogP contribution in [0.3, 0.4) is 0 Å². The largest absolute Gasteiger partial charge is 0.414 e. The smallest absolute Gasteiger partial charge is 0.411 e. The molecule has 0 saturated carbocycles. The molecule has 5 rings (SSSR count). The molecule has 0 fully saturated rings. The highest BCUT2D eigenvalue weighted by Crippen LogP contribution is 2.53. The standard InChI is InChI=1S/C32H37F3N5O3/c1-8-24-18(3)17(2)19(4)27-31(24,6)20(5)26(38-27)29(42)39-14-13-25-23(16-39)28(41)40(43-7)30(37-25)36-15-21-9-11-22(12-10-21)32(33,34)35/h9-12,15,27,38H,8,13-14,16H2,1-7H3,(H,36,37)/q-1. The van der Waals surface area contributed by atoms with Crippen molar-refractivity contribution in [1.29, 1.82) is 0 Å². The molecule has 230 valence electrons. The van der Waals surface area contributed by atoms with Gasteiger partial charge in [-0.1, -0.05) is 19.0 Å². The highest BCUT2D eigenvalue weighted by molar-refractivity contribution is 5.95. The fourth-order valence-corrected chi connectivity index (χ4v) is 6.76. The maximum atomic E-state index is 14.0. The highest BCUT2D eigenvalue weighted by atomic mass is 19.4. The normalized spacial score (nSPS) is 21.9. The van der Waals surface area contributed by atoms with E-state index in [1.807, 2.05) is 6.92 Å². The Bertz CT molecular complexity index is 1630. The van der Waals surface area contributed by atoms with Crippen molar-refractivity contribution in [3.05, 3.63) is 97.1 Å². The number of carbonyl (C=O) groups excluding carboxylic acids is 1. The molecule has 1 aromatic heterocycles. The second kappa shape index (κ2) is 10.8. The number of carbonyl (C=O) groups is 1. The minimum absolute atomic E-state index is 0.0101. The molecule has 8 nitrogen and oxygen atoms in total. The first-order chi connectivity index (χ1) is 20.2. The van der Waals surface area contributed by atoms with Crippen LogP contribution in [0.2, 0.25) is 0 Å². The van der Waals surface area contributed by atoms with Crippen LogP contribution >= 0.6 is 0 Å². The first kappa shape index (κ1) is 30.3. The van der Waals surface area contributed by atoms with Gasteiger partial charge in [0.05, 0.1) is 23.8 Å². The van der Waals surface area contributed by atoms with Gasteiger partial charge in [0.25, 0.3) is 11.5 Å². The zero-order valence-corrected chi connectivity index (χ0v) is 25.5. The number of alkyl halides is 3. The van der Waals surface area contributed by atoms with Crippen LogP contribution in [0.15, 0.2) is 62.6 Å². The molecule has 0 radical (unpaired) electrons. The number of fused-ring (bicyclic) bond motifs is 2. The summed E-state index contributed by atoms with van der Waals surface area (Å²) >= 11 is 0. The molecule has 3 aliphatic rings. The topological polar surface area (TPSA) is 88.5 Å². The Morgan fingerprint density at radius 2 is 1.86 bits per heavy atom. The summed E-state index contributed by atoms with van der Waals surface area (Å²) < 4.78 is 39.7. The predicted molar refractivity (Wildman–Crippen MR) is 158 cm³/mol. The Morgan fingerprint density at radius 3 is 2.47 bits per heavy atom. The van der Waals surface area contributed by atoms with E-state index >= 15 is 0 Å². The van der Waals surface area contributed by atoms with Gasteiger partial charge in [-0.05, 0) is 63.3 Å². The molecule has 2 aliphatic heterocycles. The molecule has 2 atom stereocenters. The summed E-state index contributed by atoms with van der Waals surface area (Å²) in [7, 11) is 1.32. The van der Waals surface area contributed by atoms with Crippen molar-refractivity contribution in [2.75, 3.05) is 19.0 Å². The van der Waals surface area contributed by atoms with Gasteiger partial charge >= 0.3 is 6.18 Å². The van der Waals surface area contributed by atoms with Crippen molar-refractivity contribution in [1.82, 2.24) is 19.9 Å². The zero-order valence-electron chi connectivity index (χ0n) is 25.5. The second-order valence-corrected chi connectivity index (χ2v) is 11.6. The van der Waals surface area contributed by atoms with Crippen molar-refractivity contribution in [3.63, 3.8) is 0 Å². The van der Waals surface area contributed by atoms with Crippen LogP contribution in [0.25, 0.3) is 0 Å². The van der Waals surface area contributed by atoms with E-state index in [4.69, 9.17) is 4.84 Å². The third-order valence-corrected chi connectivity index (χ3v) is 9.52. The summed E-state index contributed by atoms with van der Waals surface area (Å²) in [5.74, 6) is -0.0654. The molecule has 43 heavy (non-hydrogen) atoms. The van der Waals surface area contributed by atoms with Crippen molar-refractivity contribution in [3.8, 4) is 0 Å². The first-order valence-corrected chi connectivity index (χ1v) is 14.3. The molecule has 1 amide bonds. The Morgan fingerprint density at radius 1 is 1.19 bits per heavy atom. The predicted octanol–water partition coefficient (Wildman–Crippen LogP) is 5.16. The summed E-state index contributed by atoms with van der Waals surface area (Å²) in [6.45, 7) is 14.7.